The Labute approximate surface area is 137 Å². The molecule has 2 aromatic rings. The number of nitrogens with one attached hydrogen (secondary N) is 1. The minimum atomic E-state index is 0.0591. The van der Waals surface area contributed by atoms with Gasteiger partial charge in [-0.3, -0.25) is 4.79 Å². The average molecular weight is 362 g/mol. The van der Waals surface area contributed by atoms with Crippen molar-refractivity contribution in [1.29, 1.82) is 0 Å². The molecule has 0 aliphatic rings. The molecule has 0 amide bonds. The Morgan fingerprint density at radius 2 is 1.76 bits per heavy atom. The summed E-state index contributed by atoms with van der Waals surface area (Å²) in [6, 6.07) is 17.8. The molecule has 0 saturated carbocycles. The summed E-state index contributed by atoms with van der Waals surface area (Å²) in [7, 11) is 0. The summed E-state index contributed by atoms with van der Waals surface area (Å²) in [6.07, 6.45) is 0. The Morgan fingerprint density at radius 3 is 2.38 bits per heavy atom. The third kappa shape index (κ3) is 4.76. The van der Waals surface area contributed by atoms with Crippen LogP contribution in [-0.4, -0.2) is 5.78 Å². The van der Waals surface area contributed by atoms with Crippen LogP contribution in [0.1, 0.15) is 13.8 Å². The molecule has 0 aliphatic heterocycles. The molecular weight excluding hydrogens is 346 g/mol. The number of hydrogen-bond donors (Lipinski definition) is 1. The smallest absolute Gasteiger partial charge is 0.168 e. The fraction of sp³-hybridized carbons (Fsp3) is 0.118. The van der Waals surface area contributed by atoms with Crippen LogP contribution in [0.5, 0.6) is 0 Å². The van der Waals surface area contributed by atoms with Gasteiger partial charge in [-0.1, -0.05) is 52.0 Å². The lowest BCUT2D eigenvalue weighted by Crippen LogP contribution is -2.04. The number of hydrogen-bond acceptors (Lipinski definition) is 3. The van der Waals surface area contributed by atoms with Crippen LogP contribution in [0.3, 0.4) is 0 Å². The zero-order chi connectivity index (χ0) is 15.2. The zero-order valence-corrected chi connectivity index (χ0v) is 14.3. The van der Waals surface area contributed by atoms with E-state index in [2.05, 4.69) is 21.2 Å². The van der Waals surface area contributed by atoms with Gasteiger partial charge >= 0.3 is 0 Å². The van der Waals surface area contributed by atoms with E-state index in [4.69, 9.17) is 0 Å². The van der Waals surface area contributed by atoms with Crippen molar-refractivity contribution in [2.75, 3.05) is 5.32 Å². The maximum atomic E-state index is 11.9. The molecule has 2 nitrogen and oxygen atoms in total. The number of allylic oxidation sites excluding steroid dienone is 2. The minimum absolute atomic E-state index is 0.0591. The van der Waals surface area contributed by atoms with Gasteiger partial charge in [-0.25, -0.2) is 0 Å². The van der Waals surface area contributed by atoms with Gasteiger partial charge in [-0.2, -0.15) is 0 Å². The van der Waals surface area contributed by atoms with Gasteiger partial charge in [0.05, 0.1) is 4.91 Å². The molecule has 0 atom stereocenters. The highest BCUT2D eigenvalue weighted by molar-refractivity contribution is 9.10. The number of benzene rings is 2. The van der Waals surface area contributed by atoms with Crippen LogP contribution < -0.4 is 5.32 Å². The highest BCUT2D eigenvalue weighted by Crippen LogP contribution is 2.30. The Hall–Kier alpha value is -1.52. The van der Waals surface area contributed by atoms with Crippen LogP contribution in [0.25, 0.3) is 0 Å². The summed E-state index contributed by atoms with van der Waals surface area (Å²) in [4.78, 5) is 13.7. The summed E-state index contributed by atoms with van der Waals surface area (Å²) in [5, 5.41) is 3.29. The molecule has 2 aromatic carbocycles. The van der Waals surface area contributed by atoms with E-state index in [1.807, 2.05) is 61.5 Å². The summed E-state index contributed by atoms with van der Waals surface area (Å²) in [6.45, 7) is 3.52. The first-order chi connectivity index (χ1) is 10.1. The van der Waals surface area contributed by atoms with Crippen molar-refractivity contribution in [2.45, 2.75) is 18.7 Å². The average Bonchev–Trinajstić information content (AvgIpc) is 2.45. The predicted octanol–water partition coefficient (Wildman–Crippen LogP) is 5.47. The van der Waals surface area contributed by atoms with Crippen LogP contribution >= 0.6 is 27.7 Å². The molecule has 4 heteroatoms. The Balaban J connectivity index is 2.24. The van der Waals surface area contributed by atoms with Crippen molar-refractivity contribution in [1.82, 2.24) is 0 Å². The fourth-order valence-electron chi connectivity index (χ4n) is 1.86. The number of carbonyl (C=O) groups excluding carboxylic acids is 1. The molecule has 1 N–H and O–H groups in total. The van der Waals surface area contributed by atoms with Gasteiger partial charge in [-0.05, 0) is 44.2 Å². The molecule has 0 bridgehead atoms. The van der Waals surface area contributed by atoms with Crippen LogP contribution in [0.15, 0.2) is 74.6 Å². The first kappa shape index (κ1) is 15.9. The molecule has 0 heterocycles. The summed E-state index contributed by atoms with van der Waals surface area (Å²) in [5.74, 6) is 0.0591. The van der Waals surface area contributed by atoms with E-state index in [1.54, 1.807) is 6.92 Å². The van der Waals surface area contributed by atoms with E-state index < -0.39 is 0 Å². The first-order valence-electron chi connectivity index (χ1n) is 6.53. The number of anilines is 1. The van der Waals surface area contributed by atoms with E-state index in [0.717, 1.165) is 25.7 Å². The zero-order valence-electron chi connectivity index (χ0n) is 11.9. The van der Waals surface area contributed by atoms with Crippen LogP contribution in [0.2, 0.25) is 0 Å². The van der Waals surface area contributed by atoms with Crippen molar-refractivity contribution in [3.8, 4) is 0 Å². The minimum Gasteiger partial charge on any atom is -0.358 e. The van der Waals surface area contributed by atoms with Gasteiger partial charge in [-0.15, -0.1) is 0 Å². The van der Waals surface area contributed by atoms with Gasteiger partial charge in [0.15, 0.2) is 5.78 Å². The van der Waals surface area contributed by atoms with Crippen molar-refractivity contribution in [3.05, 3.63) is 69.7 Å². The number of thioether (sulfide) groups is 1. The van der Waals surface area contributed by atoms with Crippen LogP contribution in [-0.2, 0) is 4.79 Å². The molecule has 0 aliphatic carbocycles. The lowest BCUT2D eigenvalue weighted by atomic mass is 10.3. The lowest BCUT2D eigenvalue weighted by Gasteiger charge is -2.12. The van der Waals surface area contributed by atoms with Crippen molar-refractivity contribution in [3.63, 3.8) is 0 Å². The van der Waals surface area contributed by atoms with Gasteiger partial charge < -0.3 is 5.32 Å². The van der Waals surface area contributed by atoms with Crippen LogP contribution in [0, 0.1) is 0 Å². The second kappa shape index (κ2) is 7.48. The molecule has 0 saturated heterocycles. The SMILES string of the molecule is CC(=O)/C(Sc1ccccc1)=C(/C)Nc1cccc(Br)c1. The molecule has 0 aromatic heterocycles. The van der Waals surface area contributed by atoms with Gasteiger partial charge in [0.25, 0.3) is 0 Å². The van der Waals surface area contributed by atoms with Crippen molar-refractivity contribution < 1.29 is 4.79 Å². The molecule has 0 radical (unpaired) electrons. The number of carbonyl (C=O) groups is 1. The maximum absolute atomic E-state index is 11.9. The van der Waals surface area contributed by atoms with E-state index in [-0.39, 0.29) is 5.78 Å². The highest BCUT2D eigenvalue weighted by Gasteiger charge is 2.11. The molecule has 0 unspecified atom stereocenters. The Morgan fingerprint density at radius 1 is 1.05 bits per heavy atom. The number of Topliss-reactive ketones (excluding diaryl/α,β-unsaturated/α-hetero) is 1. The van der Waals surface area contributed by atoms with Crippen LogP contribution in [0.4, 0.5) is 5.69 Å². The first-order valence-corrected chi connectivity index (χ1v) is 8.14. The van der Waals surface area contributed by atoms with Gasteiger partial charge in [0, 0.05) is 20.8 Å². The second-order valence-electron chi connectivity index (χ2n) is 4.56. The quantitative estimate of drug-likeness (QED) is 0.565. The lowest BCUT2D eigenvalue weighted by molar-refractivity contribution is -0.113. The maximum Gasteiger partial charge on any atom is 0.168 e. The molecule has 2 rings (SSSR count). The third-order valence-electron chi connectivity index (χ3n) is 2.78. The number of halogens is 1. The van der Waals surface area contributed by atoms with E-state index in [1.165, 1.54) is 11.8 Å². The Kier molecular flexibility index (Phi) is 5.65. The van der Waals surface area contributed by atoms with E-state index in [0.29, 0.717) is 0 Å². The number of ketones is 1. The molecule has 0 fully saturated rings. The molecule has 108 valence electrons. The summed E-state index contributed by atoms with van der Waals surface area (Å²) < 4.78 is 1.00. The molecule has 0 spiro atoms. The van der Waals surface area contributed by atoms with E-state index >= 15 is 0 Å². The van der Waals surface area contributed by atoms with E-state index in [9.17, 15) is 4.79 Å². The largest absolute Gasteiger partial charge is 0.358 e. The standard InChI is InChI=1S/C17H16BrNOS/c1-12(19-15-8-6-7-14(18)11-15)17(13(2)20)21-16-9-4-3-5-10-16/h3-11,19H,1-2H3/b17-12+. The highest BCUT2D eigenvalue weighted by atomic mass is 79.9. The van der Waals surface area contributed by atoms with Gasteiger partial charge in [0.1, 0.15) is 0 Å². The number of rotatable bonds is 5. The molecular formula is C17H16BrNOS. The second-order valence-corrected chi connectivity index (χ2v) is 6.56. The van der Waals surface area contributed by atoms with Gasteiger partial charge in [0.2, 0.25) is 0 Å². The fourth-order valence-corrected chi connectivity index (χ4v) is 3.13. The third-order valence-corrected chi connectivity index (χ3v) is 4.58. The predicted molar refractivity (Wildman–Crippen MR) is 93.4 cm³/mol. The normalized spacial score (nSPS) is 11.8. The topological polar surface area (TPSA) is 29.1 Å². The Bertz CT molecular complexity index is 668. The summed E-state index contributed by atoms with van der Waals surface area (Å²) in [5.41, 5.74) is 1.81. The molecule has 21 heavy (non-hydrogen) atoms. The van der Waals surface area contributed by atoms with Crippen molar-refractivity contribution >= 4 is 39.2 Å². The van der Waals surface area contributed by atoms with Crippen molar-refractivity contribution in [2.24, 2.45) is 0 Å². The monoisotopic (exact) mass is 361 g/mol. The summed E-state index contributed by atoms with van der Waals surface area (Å²) >= 11 is 4.93.